The van der Waals surface area contributed by atoms with Crippen molar-refractivity contribution in [2.45, 2.75) is 12.8 Å². The van der Waals surface area contributed by atoms with Gasteiger partial charge in [-0.1, -0.05) is 15.9 Å². The van der Waals surface area contributed by atoms with Crippen molar-refractivity contribution in [1.82, 2.24) is 0 Å². The van der Waals surface area contributed by atoms with E-state index < -0.39 is 0 Å². The van der Waals surface area contributed by atoms with Gasteiger partial charge in [0, 0.05) is 10.4 Å². The molecule has 0 heterocycles. The highest BCUT2D eigenvalue weighted by Crippen LogP contribution is 2.22. The van der Waals surface area contributed by atoms with Crippen LogP contribution in [0.15, 0.2) is 22.7 Å². The molecule has 1 nitrogen and oxygen atoms in total. The van der Waals surface area contributed by atoms with Gasteiger partial charge in [0.2, 0.25) is 0 Å². The highest BCUT2D eigenvalue weighted by atomic mass is 79.9. The molecule has 0 radical (unpaired) electrons. The van der Waals surface area contributed by atoms with Crippen molar-refractivity contribution in [3.63, 3.8) is 0 Å². The summed E-state index contributed by atoms with van der Waals surface area (Å²) in [5, 5.41) is 9.40. The van der Waals surface area contributed by atoms with Crippen LogP contribution >= 0.6 is 27.5 Å². The third-order valence-corrected chi connectivity index (χ3v) is 2.38. The van der Waals surface area contributed by atoms with E-state index >= 15 is 0 Å². The van der Waals surface area contributed by atoms with Gasteiger partial charge in [0.25, 0.3) is 0 Å². The largest absolute Gasteiger partial charge is 0.508 e. The molecule has 1 rings (SSSR count). The molecule has 3 heteroatoms. The Morgan fingerprint density at radius 1 is 1.42 bits per heavy atom. The molecule has 0 amide bonds. The van der Waals surface area contributed by atoms with Crippen molar-refractivity contribution < 1.29 is 5.11 Å². The molecule has 66 valence electrons. The predicted molar refractivity (Wildman–Crippen MR) is 54.8 cm³/mol. The van der Waals surface area contributed by atoms with Gasteiger partial charge in [-0.3, -0.25) is 0 Å². The lowest BCUT2D eigenvalue weighted by atomic mass is 10.1. The smallest absolute Gasteiger partial charge is 0.118 e. The van der Waals surface area contributed by atoms with Gasteiger partial charge in [0.15, 0.2) is 0 Å². The minimum Gasteiger partial charge on any atom is -0.508 e. The molecule has 0 spiro atoms. The summed E-state index contributed by atoms with van der Waals surface area (Å²) in [6, 6.07) is 5.43. The Morgan fingerprint density at radius 2 is 2.17 bits per heavy atom. The standard InChI is InChI=1S/C9H10BrClO/c10-8-3-4-9(12)7(6-8)2-1-5-11/h3-4,6,12H,1-2,5H2. The summed E-state index contributed by atoms with van der Waals surface area (Å²) in [5.74, 6) is 0.981. The summed E-state index contributed by atoms with van der Waals surface area (Å²) >= 11 is 8.89. The molecule has 1 N–H and O–H groups in total. The number of phenolic OH excluding ortho intramolecular Hbond substituents is 1. The summed E-state index contributed by atoms with van der Waals surface area (Å²) in [5.41, 5.74) is 0.949. The van der Waals surface area contributed by atoms with Crippen LogP contribution in [0.1, 0.15) is 12.0 Å². The molecule has 1 aromatic rings. The SMILES string of the molecule is Oc1ccc(Br)cc1CCCCl. The van der Waals surface area contributed by atoms with Crippen molar-refractivity contribution in [2.24, 2.45) is 0 Å². The molecule has 0 unspecified atom stereocenters. The second-order valence-corrected chi connectivity index (χ2v) is 3.86. The number of aromatic hydroxyl groups is 1. The van der Waals surface area contributed by atoms with Gasteiger partial charge < -0.3 is 5.11 Å². The van der Waals surface area contributed by atoms with Crippen LogP contribution in [0.25, 0.3) is 0 Å². The number of hydrogen-bond donors (Lipinski definition) is 1. The molecule has 12 heavy (non-hydrogen) atoms. The zero-order chi connectivity index (χ0) is 8.97. The van der Waals surface area contributed by atoms with E-state index in [9.17, 15) is 5.11 Å². The van der Waals surface area contributed by atoms with Crippen molar-refractivity contribution in [3.8, 4) is 5.75 Å². The van der Waals surface area contributed by atoms with Crippen LogP contribution in [0.5, 0.6) is 5.75 Å². The molecule has 0 aliphatic rings. The molecule has 0 aromatic heterocycles. The van der Waals surface area contributed by atoms with Crippen LogP contribution in [-0.4, -0.2) is 11.0 Å². The first kappa shape index (κ1) is 9.87. The topological polar surface area (TPSA) is 20.2 Å². The van der Waals surface area contributed by atoms with Gasteiger partial charge in [-0.2, -0.15) is 0 Å². The molecule has 0 aliphatic heterocycles. The summed E-state index contributed by atoms with van der Waals surface area (Å²) < 4.78 is 0.991. The van der Waals surface area contributed by atoms with Crippen LogP contribution in [0.2, 0.25) is 0 Å². The van der Waals surface area contributed by atoms with E-state index in [-0.39, 0.29) is 0 Å². The van der Waals surface area contributed by atoms with Crippen molar-refractivity contribution in [3.05, 3.63) is 28.2 Å². The Labute approximate surface area is 85.5 Å². The minimum absolute atomic E-state index is 0.350. The van der Waals surface area contributed by atoms with E-state index in [1.165, 1.54) is 0 Å². The number of halogens is 2. The summed E-state index contributed by atoms with van der Waals surface area (Å²) in [6.07, 6.45) is 1.72. The summed E-state index contributed by atoms with van der Waals surface area (Å²) in [6.45, 7) is 0. The zero-order valence-corrected chi connectivity index (χ0v) is 8.90. The first-order valence-electron chi connectivity index (χ1n) is 3.77. The molecule has 0 saturated carbocycles. The average Bonchev–Trinajstić information content (AvgIpc) is 2.07. The van der Waals surface area contributed by atoms with Crippen LogP contribution in [0, 0.1) is 0 Å². The second-order valence-electron chi connectivity index (χ2n) is 2.57. The number of aryl methyl sites for hydroxylation is 1. The Balaban J connectivity index is 2.75. The second kappa shape index (κ2) is 4.73. The molecule has 0 bridgehead atoms. The lowest BCUT2D eigenvalue weighted by Crippen LogP contribution is -1.86. The number of benzene rings is 1. The van der Waals surface area contributed by atoms with Gasteiger partial charge in [-0.25, -0.2) is 0 Å². The van der Waals surface area contributed by atoms with E-state index in [4.69, 9.17) is 11.6 Å². The molecule has 0 aliphatic carbocycles. The average molecular weight is 250 g/mol. The van der Waals surface area contributed by atoms with Gasteiger partial charge in [0.05, 0.1) is 0 Å². The highest BCUT2D eigenvalue weighted by molar-refractivity contribution is 9.10. The Morgan fingerprint density at radius 3 is 2.83 bits per heavy atom. The van der Waals surface area contributed by atoms with Gasteiger partial charge in [-0.05, 0) is 36.6 Å². The summed E-state index contributed by atoms with van der Waals surface area (Å²) in [7, 11) is 0. The maximum atomic E-state index is 9.40. The maximum absolute atomic E-state index is 9.40. The Kier molecular flexibility index (Phi) is 3.89. The first-order valence-corrected chi connectivity index (χ1v) is 5.10. The zero-order valence-electron chi connectivity index (χ0n) is 6.56. The van der Waals surface area contributed by atoms with Gasteiger partial charge in [-0.15, -0.1) is 11.6 Å². The molecule has 0 fully saturated rings. The van der Waals surface area contributed by atoms with Gasteiger partial charge >= 0.3 is 0 Å². The van der Waals surface area contributed by atoms with Gasteiger partial charge in [0.1, 0.15) is 5.75 Å². The number of alkyl halides is 1. The fourth-order valence-corrected chi connectivity index (χ4v) is 1.55. The predicted octanol–water partition coefficient (Wildman–Crippen LogP) is 3.33. The molecular formula is C9H10BrClO. The van der Waals surface area contributed by atoms with E-state index in [1.54, 1.807) is 6.07 Å². The Hall–Kier alpha value is -0.210. The first-order chi connectivity index (χ1) is 5.74. The molecule has 0 saturated heterocycles. The molecule has 1 aromatic carbocycles. The number of phenols is 1. The fraction of sp³-hybridized carbons (Fsp3) is 0.333. The van der Waals surface area contributed by atoms with Crippen molar-refractivity contribution in [2.75, 3.05) is 5.88 Å². The molecule has 0 atom stereocenters. The van der Waals surface area contributed by atoms with E-state index in [2.05, 4.69) is 15.9 Å². The third kappa shape index (κ3) is 2.68. The monoisotopic (exact) mass is 248 g/mol. The quantitative estimate of drug-likeness (QED) is 0.815. The number of rotatable bonds is 3. The van der Waals surface area contributed by atoms with Crippen molar-refractivity contribution in [1.29, 1.82) is 0 Å². The molecular weight excluding hydrogens is 239 g/mol. The van der Waals surface area contributed by atoms with E-state index in [0.29, 0.717) is 11.6 Å². The van der Waals surface area contributed by atoms with Crippen LogP contribution < -0.4 is 0 Å². The van der Waals surface area contributed by atoms with E-state index in [0.717, 1.165) is 22.9 Å². The third-order valence-electron chi connectivity index (χ3n) is 1.62. The lowest BCUT2D eigenvalue weighted by Gasteiger charge is -2.02. The fourth-order valence-electron chi connectivity index (χ4n) is 1.01. The highest BCUT2D eigenvalue weighted by Gasteiger charge is 2.00. The number of hydrogen-bond acceptors (Lipinski definition) is 1. The van der Waals surface area contributed by atoms with Crippen LogP contribution in [-0.2, 0) is 6.42 Å². The Bertz CT molecular complexity index is 263. The van der Waals surface area contributed by atoms with Crippen molar-refractivity contribution >= 4 is 27.5 Å². The van der Waals surface area contributed by atoms with Crippen LogP contribution in [0.3, 0.4) is 0 Å². The van der Waals surface area contributed by atoms with E-state index in [1.807, 2.05) is 12.1 Å². The van der Waals surface area contributed by atoms with Crippen LogP contribution in [0.4, 0.5) is 0 Å². The maximum Gasteiger partial charge on any atom is 0.118 e. The normalized spacial score (nSPS) is 10.2. The lowest BCUT2D eigenvalue weighted by molar-refractivity contribution is 0.467. The summed E-state index contributed by atoms with van der Waals surface area (Å²) in [4.78, 5) is 0. The minimum atomic E-state index is 0.350.